The summed E-state index contributed by atoms with van der Waals surface area (Å²) in [7, 11) is -8.49. The van der Waals surface area contributed by atoms with Crippen LogP contribution in [0.1, 0.15) is 12.8 Å². The van der Waals surface area contributed by atoms with Gasteiger partial charge in [0.25, 0.3) is 26.0 Å². The molecule has 0 saturated carbocycles. The molecule has 0 aliphatic heterocycles. The quantitative estimate of drug-likeness (QED) is 0.428. The number of sulfonamides is 1. The Bertz CT molecular complexity index is 1100. The number of carbonyl (C=O) groups excluding carboxylic acids is 2. The van der Waals surface area contributed by atoms with E-state index < -0.39 is 42.9 Å². The number of hydrogen-bond acceptors (Lipinski definition) is 7. The molecule has 5 N–H and O–H groups in total. The average molecular weight is 441 g/mol. The third-order valence-electron chi connectivity index (χ3n) is 3.72. The molecule has 0 spiro atoms. The van der Waals surface area contributed by atoms with Crippen LogP contribution in [0.5, 0.6) is 0 Å². The van der Waals surface area contributed by atoms with E-state index in [1.165, 1.54) is 36.4 Å². The monoisotopic (exact) mass is 441 g/mol. The highest BCUT2D eigenvalue weighted by Gasteiger charge is 2.22. The van der Waals surface area contributed by atoms with E-state index >= 15 is 0 Å². The lowest BCUT2D eigenvalue weighted by Gasteiger charge is -2.13. The van der Waals surface area contributed by atoms with Gasteiger partial charge in [0, 0.05) is 12.1 Å². The lowest BCUT2D eigenvalue weighted by molar-refractivity contribution is -0.121. The Balaban J connectivity index is 1.91. The van der Waals surface area contributed by atoms with Crippen molar-refractivity contribution in [1.29, 1.82) is 0 Å². The molecule has 29 heavy (non-hydrogen) atoms. The standard InChI is InChI=1S/C17H19N3O7S2/c18-15(17(22)20-28(23,24)13-6-2-1-3-7-13)9-10-16(21)19-12-5-4-8-14(11-12)29(25,26)27/h1-8,11,15H,9-10,18H2,(H,19,21)(H,20,22)(H,25,26,27)/t15-/m0/s1. The number of hydrogen-bond donors (Lipinski definition) is 4. The molecule has 0 unspecified atom stereocenters. The van der Waals surface area contributed by atoms with Crippen molar-refractivity contribution in [2.45, 2.75) is 28.7 Å². The van der Waals surface area contributed by atoms with Gasteiger partial charge in [0.2, 0.25) is 5.91 Å². The van der Waals surface area contributed by atoms with Gasteiger partial charge in [0.15, 0.2) is 0 Å². The smallest absolute Gasteiger partial charge is 0.294 e. The Hall–Kier alpha value is -2.80. The molecule has 2 aromatic rings. The summed E-state index contributed by atoms with van der Waals surface area (Å²) < 4.78 is 57.3. The van der Waals surface area contributed by atoms with Crippen molar-refractivity contribution in [3.63, 3.8) is 0 Å². The SMILES string of the molecule is N[C@@H](CCC(=O)Nc1cccc(S(=O)(=O)O)c1)C(=O)NS(=O)(=O)c1ccccc1. The highest BCUT2D eigenvalue weighted by atomic mass is 32.2. The largest absolute Gasteiger partial charge is 0.326 e. The fourth-order valence-corrected chi connectivity index (χ4v) is 3.82. The van der Waals surface area contributed by atoms with Crippen LogP contribution in [-0.2, 0) is 29.7 Å². The third kappa shape index (κ3) is 6.64. The van der Waals surface area contributed by atoms with E-state index in [1.54, 1.807) is 6.07 Å². The van der Waals surface area contributed by atoms with Crippen molar-refractivity contribution in [3.05, 3.63) is 54.6 Å². The van der Waals surface area contributed by atoms with Crippen molar-refractivity contribution in [2.75, 3.05) is 5.32 Å². The van der Waals surface area contributed by atoms with Crippen molar-refractivity contribution in [1.82, 2.24) is 4.72 Å². The molecule has 2 amide bonds. The highest BCUT2D eigenvalue weighted by molar-refractivity contribution is 7.90. The van der Waals surface area contributed by atoms with Gasteiger partial charge in [0.1, 0.15) is 0 Å². The first-order chi connectivity index (χ1) is 13.5. The predicted molar refractivity (Wildman–Crippen MR) is 104 cm³/mol. The second kappa shape index (κ2) is 9.13. The molecule has 0 aromatic heterocycles. The van der Waals surface area contributed by atoms with Crippen LogP contribution in [0.4, 0.5) is 5.69 Å². The van der Waals surface area contributed by atoms with Crippen molar-refractivity contribution in [3.8, 4) is 0 Å². The van der Waals surface area contributed by atoms with Gasteiger partial charge in [-0.2, -0.15) is 8.42 Å². The summed E-state index contributed by atoms with van der Waals surface area (Å²) in [5, 5.41) is 2.40. The zero-order valence-electron chi connectivity index (χ0n) is 15.0. The molecular weight excluding hydrogens is 422 g/mol. The Morgan fingerprint density at radius 2 is 1.59 bits per heavy atom. The number of benzene rings is 2. The maximum absolute atomic E-state index is 12.1. The summed E-state index contributed by atoms with van der Waals surface area (Å²) in [6.45, 7) is 0. The molecule has 0 bridgehead atoms. The van der Waals surface area contributed by atoms with Crippen LogP contribution in [0, 0.1) is 0 Å². The second-order valence-corrected chi connectivity index (χ2v) is 9.08. The molecule has 0 aliphatic rings. The lowest BCUT2D eigenvalue weighted by Crippen LogP contribution is -2.43. The molecule has 10 nitrogen and oxygen atoms in total. The zero-order chi connectivity index (χ0) is 21.7. The van der Waals surface area contributed by atoms with E-state index in [0.717, 1.165) is 12.1 Å². The topological polar surface area (TPSA) is 173 Å². The molecule has 2 aromatic carbocycles. The number of nitrogens with two attached hydrogens (primary N) is 1. The highest BCUT2D eigenvalue weighted by Crippen LogP contribution is 2.15. The molecule has 0 aliphatic carbocycles. The minimum atomic E-state index is -4.42. The number of nitrogens with one attached hydrogen (secondary N) is 2. The first-order valence-corrected chi connectivity index (χ1v) is 11.2. The third-order valence-corrected chi connectivity index (χ3v) is 5.94. The molecule has 12 heteroatoms. The zero-order valence-corrected chi connectivity index (χ0v) is 16.6. The average Bonchev–Trinajstić information content (AvgIpc) is 2.66. The summed E-state index contributed by atoms with van der Waals surface area (Å²) in [4.78, 5) is 23.5. The van der Waals surface area contributed by atoms with Crippen LogP contribution in [0.15, 0.2) is 64.4 Å². The Labute approximate surface area is 167 Å². The van der Waals surface area contributed by atoms with Gasteiger partial charge >= 0.3 is 0 Å². The number of rotatable bonds is 8. The van der Waals surface area contributed by atoms with Gasteiger partial charge in [0.05, 0.1) is 15.8 Å². The number of anilines is 1. The van der Waals surface area contributed by atoms with E-state index in [9.17, 15) is 26.4 Å². The van der Waals surface area contributed by atoms with Gasteiger partial charge in [-0.3, -0.25) is 14.1 Å². The Morgan fingerprint density at radius 1 is 0.966 bits per heavy atom. The molecule has 0 radical (unpaired) electrons. The minimum absolute atomic E-state index is 0.1000. The van der Waals surface area contributed by atoms with E-state index in [4.69, 9.17) is 10.3 Å². The maximum Gasteiger partial charge on any atom is 0.294 e. The molecule has 1 atom stereocenters. The summed E-state index contributed by atoms with van der Waals surface area (Å²) in [5.41, 5.74) is 5.78. The van der Waals surface area contributed by atoms with Gasteiger partial charge < -0.3 is 11.1 Å². The minimum Gasteiger partial charge on any atom is -0.326 e. The van der Waals surface area contributed by atoms with E-state index in [1.807, 2.05) is 4.72 Å². The first-order valence-electron chi connectivity index (χ1n) is 8.24. The fraction of sp³-hybridized carbons (Fsp3) is 0.176. The molecule has 2 rings (SSSR count). The second-order valence-electron chi connectivity index (χ2n) is 5.98. The summed E-state index contributed by atoms with van der Waals surface area (Å²) >= 11 is 0. The molecule has 0 saturated heterocycles. The van der Waals surface area contributed by atoms with Crippen LogP contribution in [0.3, 0.4) is 0 Å². The van der Waals surface area contributed by atoms with E-state index in [2.05, 4.69) is 5.32 Å². The Morgan fingerprint density at radius 3 is 2.21 bits per heavy atom. The van der Waals surface area contributed by atoms with E-state index in [-0.39, 0.29) is 23.4 Å². The van der Waals surface area contributed by atoms with Crippen LogP contribution < -0.4 is 15.8 Å². The number of amides is 2. The molecular formula is C17H19N3O7S2. The molecule has 156 valence electrons. The number of carbonyl (C=O) groups is 2. The van der Waals surface area contributed by atoms with Gasteiger partial charge in [-0.15, -0.1) is 0 Å². The summed E-state index contributed by atoms with van der Waals surface area (Å²) in [5.74, 6) is -1.54. The van der Waals surface area contributed by atoms with Crippen LogP contribution >= 0.6 is 0 Å². The first kappa shape index (κ1) is 22.5. The van der Waals surface area contributed by atoms with Crippen LogP contribution in [0.25, 0.3) is 0 Å². The van der Waals surface area contributed by atoms with Gasteiger partial charge in [-0.05, 0) is 36.8 Å². The lowest BCUT2D eigenvalue weighted by atomic mass is 10.1. The van der Waals surface area contributed by atoms with E-state index in [0.29, 0.717) is 0 Å². The summed E-state index contributed by atoms with van der Waals surface area (Å²) in [6.07, 6.45) is -0.379. The van der Waals surface area contributed by atoms with Crippen LogP contribution in [-0.4, -0.2) is 39.2 Å². The van der Waals surface area contributed by atoms with Crippen molar-refractivity contribution < 1.29 is 31.0 Å². The van der Waals surface area contributed by atoms with Gasteiger partial charge in [-0.25, -0.2) is 13.1 Å². The normalized spacial score (nSPS) is 12.8. The maximum atomic E-state index is 12.1. The van der Waals surface area contributed by atoms with Crippen molar-refractivity contribution in [2.24, 2.45) is 5.73 Å². The summed E-state index contributed by atoms with van der Waals surface area (Å²) in [6, 6.07) is 10.9. The van der Waals surface area contributed by atoms with Crippen LogP contribution in [0.2, 0.25) is 0 Å². The van der Waals surface area contributed by atoms with Gasteiger partial charge in [-0.1, -0.05) is 24.3 Å². The molecule has 0 fully saturated rings. The fourth-order valence-electron chi connectivity index (χ4n) is 2.24. The molecule has 0 heterocycles. The van der Waals surface area contributed by atoms with Crippen molar-refractivity contribution >= 4 is 37.6 Å². The Kier molecular flexibility index (Phi) is 7.08. The predicted octanol–water partition coefficient (Wildman–Crippen LogP) is 0.484.